The molecule has 0 bridgehead atoms. The first-order chi connectivity index (χ1) is 5.83. The molecule has 1 aromatic heterocycles. The Morgan fingerprint density at radius 3 is 3.00 bits per heavy atom. The van der Waals surface area contributed by atoms with Crippen molar-refractivity contribution in [2.45, 2.75) is 13.5 Å². The smallest absolute Gasteiger partial charge is 0.0663 e. The van der Waals surface area contributed by atoms with E-state index >= 15 is 0 Å². The number of rotatable bonds is 5. The lowest BCUT2D eigenvalue weighted by Crippen LogP contribution is -2.12. The maximum absolute atomic E-state index is 5.26. The summed E-state index contributed by atoms with van der Waals surface area (Å²) in [6.07, 6.45) is 1.95. The van der Waals surface area contributed by atoms with Crippen molar-refractivity contribution < 1.29 is 4.74 Å². The van der Waals surface area contributed by atoms with E-state index in [1.165, 1.54) is 0 Å². The van der Waals surface area contributed by atoms with Crippen molar-refractivity contribution in [1.82, 2.24) is 9.78 Å². The van der Waals surface area contributed by atoms with E-state index in [1.807, 2.05) is 23.9 Å². The Morgan fingerprint density at radius 1 is 1.58 bits per heavy atom. The summed E-state index contributed by atoms with van der Waals surface area (Å²) in [6.45, 7) is 4.65. The third kappa shape index (κ3) is 3.02. The molecule has 68 valence electrons. The molecule has 12 heavy (non-hydrogen) atoms. The Kier molecular flexibility index (Phi) is 3.76. The topological polar surface area (TPSA) is 53.1 Å². The summed E-state index contributed by atoms with van der Waals surface area (Å²) in [6, 6.07) is 1.98. The standard InChI is InChI=1S/C8H15N3O/c1-8-2-4-11(10-8)5-7-12-6-3-9/h2,4H,3,5-7,9H2,1H3. The van der Waals surface area contributed by atoms with Crippen LogP contribution in [0.2, 0.25) is 0 Å². The Morgan fingerprint density at radius 2 is 2.42 bits per heavy atom. The quantitative estimate of drug-likeness (QED) is 0.639. The van der Waals surface area contributed by atoms with Gasteiger partial charge in [-0.25, -0.2) is 0 Å². The molecule has 0 spiro atoms. The number of nitrogens with two attached hydrogens (primary N) is 1. The zero-order valence-corrected chi connectivity index (χ0v) is 7.36. The van der Waals surface area contributed by atoms with E-state index in [2.05, 4.69) is 5.10 Å². The van der Waals surface area contributed by atoms with Gasteiger partial charge >= 0.3 is 0 Å². The van der Waals surface area contributed by atoms with E-state index in [9.17, 15) is 0 Å². The van der Waals surface area contributed by atoms with Gasteiger partial charge in [-0.1, -0.05) is 0 Å². The van der Waals surface area contributed by atoms with Crippen LogP contribution in [-0.4, -0.2) is 29.5 Å². The lowest BCUT2D eigenvalue weighted by molar-refractivity contribution is 0.130. The van der Waals surface area contributed by atoms with Crippen molar-refractivity contribution in [1.29, 1.82) is 0 Å². The molecule has 0 aliphatic carbocycles. The molecular formula is C8H15N3O. The highest BCUT2D eigenvalue weighted by molar-refractivity contribution is 4.94. The minimum Gasteiger partial charge on any atom is -0.378 e. The lowest BCUT2D eigenvalue weighted by atomic mass is 10.5. The van der Waals surface area contributed by atoms with Crippen LogP contribution >= 0.6 is 0 Å². The molecule has 0 aromatic carbocycles. The number of hydrogen-bond donors (Lipinski definition) is 1. The van der Waals surface area contributed by atoms with Crippen molar-refractivity contribution >= 4 is 0 Å². The average Bonchev–Trinajstić information content (AvgIpc) is 2.45. The molecule has 4 heteroatoms. The van der Waals surface area contributed by atoms with Crippen LogP contribution in [0.1, 0.15) is 5.69 Å². The third-order valence-corrected chi connectivity index (χ3v) is 1.50. The molecule has 1 aromatic rings. The highest BCUT2D eigenvalue weighted by atomic mass is 16.5. The Balaban J connectivity index is 2.15. The zero-order chi connectivity index (χ0) is 8.81. The fourth-order valence-electron chi connectivity index (χ4n) is 0.931. The highest BCUT2D eigenvalue weighted by Crippen LogP contribution is 1.91. The summed E-state index contributed by atoms with van der Waals surface area (Å²) in [5, 5.41) is 4.21. The summed E-state index contributed by atoms with van der Waals surface area (Å²) >= 11 is 0. The van der Waals surface area contributed by atoms with Crippen LogP contribution in [0.25, 0.3) is 0 Å². The predicted octanol–water partition coefficient (Wildman–Crippen LogP) is 0.167. The van der Waals surface area contributed by atoms with Crippen molar-refractivity contribution in [3.8, 4) is 0 Å². The number of aromatic nitrogens is 2. The Labute approximate surface area is 72.3 Å². The van der Waals surface area contributed by atoms with E-state index in [0.29, 0.717) is 19.8 Å². The molecule has 0 saturated heterocycles. The van der Waals surface area contributed by atoms with Gasteiger partial charge in [0.1, 0.15) is 0 Å². The fourth-order valence-corrected chi connectivity index (χ4v) is 0.931. The van der Waals surface area contributed by atoms with Gasteiger partial charge in [-0.2, -0.15) is 5.10 Å². The van der Waals surface area contributed by atoms with Crippen LogP contribution < -0.4 is 5.73 Å². The second-order valence-corrected chi connectivity index (χ2v) is 2.62. The molecular weight excluding hydrogens is 154 g/mol. The van der Waals surface area contributed by atoms with Crippen LogP contribution in [0, 0.1) is 6.92 Å². The van der Waals surface area contributed by atoms with Crippen molar-refractivity contribution in [2.75, 3.05) is 19.8 Å². The molecule has 0 unspecified atom stereocenters. The second-order valence-electron chi connectivity index (χ2n) is 2.62. The van der Waals surface area contributed by atoms with Crippen molar-refractivity contribution in [3.63, 3.8) is 0 Å². The number of ether oxygens (including phenoxy) is 1. The fraction of sp³-hybridized carbons (Fsp3) is 0.625. The van der Waals surface area contributed by atoms with Crippen LogP contribution in [0.4, 0.5) is 0 Å². The van der Waals surface area contributed by atoms with Gasteiger partial charge in [-0.3, -0.25) is 4.68 Å². The van der Waals surface area contributed by atoms with Crippen LogP contribution in [0.3, 0.4) is 0 Å². The SMILES string of the molecule is Cc1ccn(CCOCCN)n1. The first kappa shape index (κ1) is 9.22. The van der Waals surface area contributed by atoms with Crippen LogP contribution in [-0.2, 0) is 11.3 Å². The Bertz CT molecular complexity index is 222. The summed E-state index contributed by atoms with van der Waals surface area (Å²) in [5.41, 5.74) is 6.30. The number of nitrogens with zero attached hydrogens (tertiary/aromatic N) is 2. The second kappa shape index (κ2) is 4.90. The van der Waals surface area contributed by atoms with Crippen LogP contribution in [0.15, 0.2) is 12.3 Å². The van der Waals surface area contributed by atoms with E-state index in [0.717, 1.165) is 12.2 Å². The van der Waals surface area contributed by atoms with Gasteiger partial charge in [0.05, 0.1) is 25.5 Å². The maximum atomic E-state index is 5.26. The molecule has 0 atom stereocenters. The van der Waals surface area contributed by atoms with Gasteiger partial charge in [0, 0.05) is 12.7 Å². The number of aryl methyl sites for hydroxylation is 1. The molecule has 0 saturated carbocycles. The molecule has 4 nitrogen and oxygen atoms in total. The lowest BCUT2D eigenvalue weighted by Gasteiger charge is -2.01. The first-order valence-electron chi connectivity index (χ1n) is 4.11. The summed E-state index contributed by atoms with van der Waals surface area (Å²) in [4.78, 5) is 0. The van der Waals surface area contributed by atoms with Gasteiger partial charge in [-0.15, -0.1) is 0 Å². The molecule has 1 rings (SSSR count). The normalized spacial score (nSPS) is 10.5. The van der Waals surface area contributed by atoms with Crippen molar-refractivity contribution in [3.05, 3.63) is 18.0 Å². The molecule has 2 N–H and O–H groups in total. The maximum Gasteiger partial charge on any atom is 0.0663 e. The molecule has 0 fully saturated rings. The average molecular weight is 169 g/mol. The van der Waals surface area contributed by atoms with Crippen LogP contribution in [0.5, 0.6) is 0 Å². The molecule has 0 amide bonds. The molecule has 0 radical (unpaired) electrons. The van der Waals surface area contributed by atoms with Gasteiger partial charge in [0.15, 0.2) is 0 Å². The molecule has 1 heterocycles. The predicted molar refractivity (Wildman–Crippen MR) is 46.8 cm³/mol. The van der Waals surface area contributed by atoms with E-state index in [-0.39, 0.29) is 0 Å². The first-order valence-corrected chi connectivity index (χ1v) is 4.11. The minimum absolute atomic E-state index is 0.581. The summed E-state index contributed by atoms with van der Waals surface area (Å²) in [7, 11) is 0. The van der Waals surface area contributed by atoms with Gasteiger partial charge < -0.3 is 10.5 Å². The summed E-state index contributed by atoms with van der Waals surface area (Å²) < 4.78 is 7.08. The Hall–Kier alpha value is -0.870. The largest absolute Gasteiger partial charge is 0.378 e. The van der Waals surface area contributed by atoms with Gasteiger partial charge in [0.25, 0.3) is 0 Å². The van der Waals surface area contributed by atoms with Gasteiger partial charge in [0.2, 0.25) is 0 Å². The van der Waals surface area contributed by atoms with E-state index < -0.39 is 0 Å². The highest BCUT2D eigenvalue weighted by Gasteiger charge is 1.92. The minimum atomic E-state index is 0.581. The monoisotopic (exact) mass is 169 g/mol. The number of hydrogen-bond acceptors (Lipinski definition) is 3. The van der Waals surface area contributed by atoms with E-state index in [1.54, 1.807) is 0 Å². The van der Waals surface area contributed by atoms with Gasteiger partial charge in [-0.05, 0) is 13.0 Å². The van der Waals surface area contributed by atoms with Crippen molar-refractivity contribution in [2.24, 2.45) is 5.73 Å². The molecule has 0 aliphatic rings. The zero-order valence-electron chi connectivity index (χ0n) is 7.36. The van der Waals surface area contributed by atoms with E-state index in [4.69, 9.17) is 10.5 Å². The summed E-state index contributed by atoms with van der Waals surface area (Å²) in [5.74, 6) is 0. The molecule has 0 aliphatic heterocycles. The third-order valence-electron chi connectivity index (χ3n) is 1.50.